The Morgan fingerprint density at radius 1 is 1.50 bits per heavy atom. The lowest BCUT2D eigenvalue weighted by Gasteiger charge is -2.11. The highest BCUT2D eigenvalue weighted by atomic mass is 16.7. The van der Waals surface area contributed by atoms with Gasteiger partial charge in [-0.1, -0.05) is 12.8 Å². The predicted molar refractivity (Wildman–Crippen MR) is 59.8 cm³/mol. The fourth-order valence-electron chi connectivity index (χ4n) is 1.92. The van der Waals surface area contributed by atoms with Crippen molar-refractivity contribution in [3.05, 3.63) is 29.6 Å². The van der Waals surface area contributed by atoms with Gasteiger partial charge < -0.3 is 0 Å². The maximum absolute atomic E-state index is 11.7. The summed E-state index contributed by atoms with van der Waals surface area (Å²) in [6.45, 7) is 1.81. The van der Waals surface area contributed by atoms with Gasteiger partial charge in [0.15, 0.2) is 0 Å². The molecule has 0 unspecified atom stereocenters. The van der Waals surface area contributed by atoms with Crippen LogP contribution in [-0.4, -0.2) is 17.0 Å². The van der Waals surface area contributed by atoms with Gasteiger partial charge in [-0.15, -0.1) is 0 Å². The molecule has 0 atom stereocenters. The Morgan fingerprint density at radius 3 is 2.94 bits per heavy atom. The molecular formula is C12H16N2O2. The average molecular weight is 220 g/mol. The second-order valence-corrected chi connectivity index (χ2v) is 4.09. The first kappa shape index (κ1) is 11.1. The number of carbonyl (C=O) groups excluding carboxylic acids is 1. The molecular weight excluding hydrogens is 204 g/mol. The van der Waals surface area contributed by atoms with Gasteiger partial charge in [0.2, 0.25) is 0 Å². The van der Waals surface area contributed by atoms with Crippen LogP contribution < -0.4 is 5.48 Å². The molecule has 1 saturated carbocycles. The Morgan fingerprint density at radius 2 is 2.25 bits per heavy atom. The monoisotopic (exact) mass is 220 g/mol. The third-order valence-corrected chi connectivity index (χ3v) is 2.87. The average Bonchev–Trinajstić information content (AvgIpc) is 2.79. The Kier molecular flexibility index (Phi) is 3.51. The summed E-state index contributed by atoms with van der Waals surface area (Å²) in [5, 5.41) is 0. The molecule has 2 rings (SSSR count). The maximum atomic E-state index is 11.7. The van der Waals surface area contributed by atoms with Crippen molar-refractivity contribution in [2.75, 3.05) is 0 Å². The SMILES string of the molecule is Cc1ncccc1C(=O)NOC1CCCC1. The number of hydroxylamine groups is 1. The van der Waals surface area contributed by atoms with Gasteiger partial charge in [-0.05, 0) is 31.9 Å². The smallest absolute Gasteiger partial charge is 0.270 e. The summed E-state index contributed by atoms with van der Waals surface area (Å²) < 4.78 is 0. The van der Waals surface area contributed by atoms with E-state index in [1.165, 1.54) is 12.8 Å². The van der Waals surface area contributed by atoms with E-state index in [9.17, 15) is 4.79 Å². The molecule has 0 bridgehead atoms. The normalized spacial score (nSPS) is 16.3. The van der Waals surface area contributed by atoms with E-state index >= 15 is 0 Å². The number of nitrogens with zero attached hydrogens (tertiary/aromatic N) is 1. The van der Waals surface area contributed by atoms with Crippen LogP contribution in [0, 0.1) is 6.92 Å². The van der Waals surface area contributed by atoms with Crippen molar-refractivity contribution in [1.82, 2.24) is 10.5 Å². The lowest BCUT2D eigenvalue weighted by molar-refractivity contribution is -0.0125. The summed E-state index contributed by atoms with van der Waals surface area (Å²) >= 11 is 0. The molecule has 0 saturated heterocycles. The van der Waals surface area contributed by atoms with Crippen LogP contribution in [0.1, 0.15) is 41.7 Å². The fourth-order valence-corrected chi connectivity index (χ4v) is 1.92. The van der Waals surface area contributed by atoms with Crippen LogP contribution in [0.2, 0.25) is 0 Å². The van der Waals surface area contributed by atoms with Gasteiger partial charge in [-0.2, -0.15) is 0 Å². The molecule has 0 aliphatic heterocycles. The molecule has 4 heteroatoms. The van der Waals surface area contributed by atoms with E-state index in [0.29, 0.717) is 5.56 Å². The number of hydrogen-bond acceptors (Lipinski definition) is 3. The van der Waals surface area contributed by atoms with Crippen molar-refractivity contribution in [3.8, 4) is 0 Å². The molecule has 0 spiro atoms. The first-order valence-corrected chi connectivity index (χ1v) is 5.65. The summed E-state index contributed by atoms with van der Waals surface area (Å²) in [5.74, 6) is -0.211. The second kappa shape index (κ2) is 5.07. The minimum Gasteiger partial charge on any atom is -0.270 e. The molecule has 0 radical (unpaired) electrons. The highest BCUT2D eigenvalue weighted by molar-refractivity contribution is 5.94. The van der Waals surface area contributed by atoms with Crippen LogP contribution in [0.5, 0.6) is 0 Å². The molecule has 1 N–H and O–H groups in total. The van der Waals surface area contributed by atoms with E-state index < -0.39 is 0 Å². The molecule has 86 valence electrons. The molecule has 16 heavy (non-hydrogen) atoms. The lowest BCUT2D eigenvalue weighted by atomic mass is 10.2. The van der Waals surface area contributed by atoms with Crippen LogP contribution in [0.25, 0.3) is 0 Å². The zero-order valence-electron chi connectivity index (χ0n) is 9.40. The number of rotatable bonds is 3. The van der Waals surface area contributed by atoms with E-state index in [1.807, 2.05) is 6.92 Å². The third kappa shape index (κ3) is 2.58. The van der Waals surface area contributed by atoms with Crippen molar-refractivity contribution < 1.29 is 9.63 Å². The van der Waals surface area contributed by atoms with Crippen LogP contribution in [0.4, 0.5) is 0 Å². The molecule has 1 aliphatic rings. The zero-order valence-corrected chi connectivity index (χ0v) is 9.40. The van der Waals surface area contributed by atoms with E-state index in [4.69, 9.17) is 4.84 Å². The number of amides is 1. The topological polar surface area (TPSA) is 51.2 Å². The van der Waals surface area contributed by atoms with Gasteiger partial charge in [0, 0.05) is 6.20 Å². The largest absolute Gasteiger partial charge is 0.276 e. The van der Waals surface area contributed by atoms with E-state index in [0.717, 1.165) is 18.5 Å². The summed E-state index contributed by atoms with van der Waals surface area (Å²) in [5.41, 5.74) is 3.79. The van der Waals surface area contributed by atoms with Gasteiger partial charge in [0.05, 0.1) is 17.4 Å². The highest BCUT2D eigenvalue weighted by Crippen LogP contribution is 2.20. The zero-order chi connectivity index (χ0) is 11.4. The number of hydrogen-bond donors (Lipinski definition) is 1. The highest BCUT2D eigenvalue weighted by Gasteiger charge is 2.17. The van der Waals surface area contributed by atoms with Gasteiger partial charge in [0.25, 0.3) is 5.91 Å². The lowest BCUT2D eigenvalue weighted by Crippen LogP contribution is -2.28. The van der Waals surface area contributed by atoms with Crippen LogP contribution in [0.15, 0.2) is 18.3 Å². The molecule has 1 aromatic heterocycles. The van der Waals surface area contributed by atoms with E-state index in [2.05, 4.69) is 10.5 Å². The molecule has 1 aromatic rings. The maximum Gasteiger partial charge on any atom is 0.276 e. The van der Waals surface area contributed by atoms with Crippen LogP contribution in [0.3, 0.4) is 0 Å². The number of aryl methyl sites for hydroxylation is 1. The van der Waals surface area contributed by atoms with E-state index in [1.54, 1.807) is 18.3 Å². The molecule has 4 nitrogen and oxygen atoms in total. The Balaban J connectivity index is 1.90. The van der Waals surface area contributed by atoms with Crippen molar-refractivity contribution in [2.24, 2.45) is 0 Å². The fraction of sp³-hybridized carbons (Fsp3) is 0.500. The number of nitrogens with one attached hydrogen (secondary N) is 1. The molecule has 1 aliphatic carbocycles. The molecule has 1 fully saturated rings. The van der Waals surface area contributed by atoms with Crippen LogP contribution >= 0.6 is 0 Å². The standard InChI is InChI=1S/C12H16N2O2/c1-9-11(7-4-8-13-9)12(15)14-16-10-5-2-3-6-10/h4,7-8,10H,2-3,5-6H2,1H3,(H,14,15). The predicted octanol–water partition coefficient (Wildman–Crippen LogP) is 1.99. The second-order valence-electron chi connectivity index (χ2n) is 4.09. The number of pyridine rings is 1. The van der Waals surface area contributed by atoms with Crippen molar-refractivity contribution in [2.45, 2.75) is 38.7 Å². The summed E-state index contributed by atoms with van der Waals surface area (Å²) in [6.07, 6.45) is 6.29. The third-order valence-electron chi connectivity index (χ3n) is 2.87. The number of aromatic nitrogens is 1. The summed E-state index contributed by atoms with van der Waals surface area (Å²) in [4.78, 5) is 21.2. The van der Waals surface area contributed by atoms with Crippen molar-refractivity contribution >= 4 is 5.91 Å². The van der Waals surface area contributed by atoms with Gasteiger partial charge in [0.1, 0.15) is 0 Å². The summed E-state index contributed by atoms with van der Waals surface area (Å²) in [7, 11) is 0. The minimum absolute atomic E-state index is 0.181. The van der Waals surface area contributed by atoms with Crippen molar-refractivity contribution in [1.29, 1.82) is 0 Å². The van der Waals surface area contributed by atoms with Crippen LogP contribution in [-0.2, 0) is 4.84 Å². The molecule has 1 heterocycles. The first-order valence-electron chi connectivity index (χ1n) is 5.65. The Hall–Kier alpha value is -1.42. The van der Waals surface area contributed by atoms with E-state index in [-0.39, 0.29) is 12.0 Å². The number of carbonyl (C=O) groups is 1. The van der Waals surface area contributed by atoms with Gasteiger partial charge >= 0.3 is 0 Å². The quantitative estimate of drug-likeness (QED) is 0.792. The van der Waals surface area contributed by atoms with Gasteiger partial charge in [-0.25, -0.2) is 5.48 Å². The van der Waals surface area contributed by atoms with Crippen molar-refractivity contribution in [3.63, 3.8) is 0 Å². The summed E-state index contributed by atoms with van der Waals surface area (Å²) in [6, 6.07) is 3.49. The van der Waals surface area contributed by atoms with Gasteiger partial charge in [-0.3, -0.25) is 14.6 Å². The minimum atomic E-state index is -0.211. The Labute approximate surface area is 95.0 Å². The Bertz CT molecular complexity index is 373. The molecule has 0 aromatic carbocycles. The molecule has 1 amide bonds. The first-order chi connectivity index (χ1) is 7.77.